The molecule has 0 spiro atoms. The van der Waals surface area contributed by atoms with E-state index in [2.05, 4.69) is 63.6 Å². The second kappa shape index (κ2) is 9.95. The van der Waals surface area contributed by atoms with Gasteiger partial charge in [-0.05, 0) is 91.9 Å². The number of nitrogens with zero attached hydrogens (tertiary/aromatic N) is 3. The standard InChI is InChI=1S/C30H35N5O3S/c1-19-13-28(30(31)36)33-35(19)25-7-8-29-22(15-25)9-11-34(29)18-20-3-5-21(6-4-20)23-14-24-17-32-27(26(24)16-23)10-12-39(2,37)38/h3-9,11,13,15,23-24,26-27,32H,10,12,14,16-18H2,1-2H3,(H2,31,36)/t23-,24+,26-,27-/m1/s1. The maximum Gasteiger partial charge on any atom is 0.269 e. The van der Waals surface area contributed by atoms with E-state index in [0.717, 1.165) is 41.8 Å². The number of amides is 1. The van der Waals surface area contributed by atoms with Gasteiger partial charge in [-0.1, -0.05) is 24.3 Å². The summed E-state index contributed by atoms with van der Waals surface area (Å²) in [6, 6.07) is 19.3. The maximum atomic E-state index is 11.6. The van der Waals surface area contributed by atoms with Crippen LogP contribution < -0.4 is 11.1 Å². The molecule has 204 valence electrons. The summed E-state index contributed by atoms with van der Waals surface area (Å²) < 4.78 is 27.3. The molecule has 1 saturated heterocycles. The molecular formula is C30H35N5O3S. The van der Waals surface area contributed by atoms with E-state index in [9.17, 15) is 13.2 Å². The van der Waals surface area contributed by atoms with E-state index in [4.69, 9.17) is 5.73 Å². The zero-order chi connectivity index (χ0) is 27.3. The largest absolute Gasteiger partial charge is 0.364 e. The Labute approximate surface area is 229 Å². The first-order valence-corrected chi connectivity index (χ1v) is 15.7. The predicted octanol–water partition coefficient (Wildman–Crippen LogP) is 3.80. The van der Waals surface area contributed by atoms with Crippen molar-refractivity contribution in [3.8, 4) is 5.69 Å². The highest BCUT2D eigenvalue weighted by Gasteiger charge is 2.43. The molecule has 1 aliphatic heterocycles. The number of nitrogens with one attached hydrogen (secondary N) is 1. The monoisotopic (exact) mass is 545 g/mol. The summed E-state index contributed by atoms with van der Waals surface area (Å²) >= 11 is 0. The van der Waals surface area contributed by atoms with Gasteiger partial charge in [-0.2, -0.15) is 5.10 Å². The van der Waals surface area contributed by atoms with Crippen molar-refractivity contribution in [2.75, 3.05) is 18.6 Å². The number of carbonyl (C=O) groups excluding carboxylic acids is 1. The lowest BCUT2D eigenvalue weighted by Crippen LogP contribution is -2.29. The molecule has 2 fully saturated rings. The van der Waals surface area contributed by atoms with Gasteiger partial charge in [0, 0.05) is 41.6 Å². The number of aryl methyl sites for hydroxylation is 1. The average Bonchev–Trinajstić information content (AvgIpc) is 3.66. The van der Waals surface area contributed by atoms with Crippen molar-refractivity contribution in [3.63, 3.8) is 0 Å². The van der Waals surface area contributed by atoms with Gasteiger partial charge in [0.05, 0.1) is 11.4 Å². The Morgan fingerprint density at radius 1 is 1.10 bits per heavy atom. The summed E-state index contributed by atoms with van der Waals surface area (Å²) in [6.45, 7) is 3.69. The number of benzene rings is 2. The van der Waals surface area contributed by atoms with E-state index in [1.54, 1.807) is 10.7 Å². The van der Waals surface area contributed by atoms with Crippen molar-refractivity contribution in [3.05, 3.63) is 83.3 Å². The highest BCUT2D eigenvalue weighted by Crippen LogP contribution is 2.47. The highest BCUT2D eigenvalue weighted by atomic mass is 32.2. The van der Waals surface area contributed by atoms with Gasteiger partial charge in [0.25, 0.3) is 5.91 Å². The second-order valence-corrected chi connectivity index (χ2v) is 13.7. The maximum absolute atomic E-state index is 11.6. The third-order valence-electron chi connectivity index (χ3n) is 8.65. The van der Waals surface area contributed by atoms with Gasteiger partial charge in [0.15, 0.2) is 5.69 Å². The van der Waals surface area contributed by atoms with Crippen LogP contribution in [0.25, 0.3) is 16.6 Å². The molecule has 2 aliphatic rings. The third-order valence-corrected chi connectivity index (χ3v) is 9.63. The molecule has 4 atom stereocenters. The molecule has 4 aromatic rings. The van der Waals surface area contributed by atoms with Crippen LogP contribution in [0.2, 0.25) is 0 Å². The number of fused-ring (bicyclic) bond motifs is 2. The fourth-order valence-corrected chi connectivity index (χ4v) is 7.36. The molecular weight excluding hydrogens is 510 g/mol. The van der Waals surface area contributed by atoms with E-state index < -0.39 is 15.7 Å². The average molecular weight is 546 g/mol. The van der Waals surface area contributed by atoms with E-state index in [1.807, 2.05) is 13.0 Å². The number of primary amides is 1. The van der Waals surface area contributed by atoms with Gasteiger partial charge in [-0.15, -0.1) is 0 Å². The van der Waals surface area contributed by atoms with Crippen LogP contribution in [-0.4, -0.2) is 53.3 Å². The predicted molar refractivity (Wildman–Crippen MR) is 153 cm³/mol. The summed E-state index contributed by atoms with van der Waals surface area (Å²) in [5.74, 6) is 1.49. The zero-order valence-electron chi connectivity index (χ0n) is 22.4. The number of sulfone groups is 1. The van der Waals surface area contributed by atoms with Gasteiger partial charge in [0.1, 0.15) is 9.84 Å². The molecule has 1 amide bonds. The number of hydrogen-bond donors (Lipinski definition) is 2. The first-order chi connectivity index (χ1) is 18.6. The van der Waals surface area contributed by atoms with E-state index in [0.29, 0.717) is 30.2 Å². The molecule has 6 rings (SSSR count). The van der Waals surface area contributed by atoms with Crippen LogP contribution in [0.4, 0.5) is 0 Å². The normalized spacial score (nSPS) is 22.9. The van der Waals surface area contributed by atoms with Crippen LogP contribution in [-0.2, 0) is 16.4 Å². The lowest BCUT2D eigenvalue weighted by atomic mass is 9.91. The summed E-state index contributed by atoms with van der Waals surface area (Å²) in [7, 11) is -2.93. The Hall–Kier alpha value is -3.43. The molecule has 1 aliphatic carbocycles. The topological polar surface area (TPSA) is 112 Å². The van der Waals surface area contributed by atoms with Crippen molar-refractivity contribution >= 4 is 26.6 Å². The number of nitrogens with two attached hydrogens (primary N) is 1. The van der Waals surface area contributed by atoms with Crippen LogP contribution in [0.3, 0.4) is 0 Å². The minimum Gasteiger partial charge on any atom is -0.364 e. The Kier molecular flexibility index (Phi) is 6.59. The van der Waals surface area contributed by atoms with Crippen molar-refractivity contribution in [1.82, 2.24) is 19.7 Å². The first-order valence-electron chi connectivity index (χ1n) is 13.6. The fourth-order valence-electron chi connectivity index (χ4n) is 6.67. The minimum atomic E-state index is -2.93. The number of rotatable bonds is 8. The Morgan fingerprint density at radius 2 is 1.90 bits per heavy atom. The second-order valence-electron chi connectivity index (χ2n) is 11.4. The number of aromatic nitrogens is 3. The van der Waals surface area contributed by atoms with Crippen LogP contribution in [0.1, 0.15) is 52.5 Å². The van der Waals surface area contributed by atoms with Crippen molar-refractivity contribution < 1.29 is 13.2 Å². The molecule has 0 bridgehead atoms. The third kappa shape index (κ3) is 5.25. The number of carbonyl (C=O) groups is 1. The molecule has 0 radical (unpaired) electrons. The molecule has 2 aromatic heterocycles. The number of hydrogen-bond acceptors (Lipinski definition) is 5. The molecule has 3 heterocycles. The van der Waals surface area contributed by atoms with Crippen LogP contribution in [0, 0.1) is 18.8 Å². The van der Waals surface area contributed by atoms with Crippen LogP contribution in [0.15, 0.2) is 60.8 Å². The summed E-state index contributed by atoms with van der Waals surface area (Å²) in [4.78, 5) is 11.5. The molecule has 0 unspecified atom stereocenters. The van der Waals surface area contributed by atoms with Crippen molar-refractivity contribution in [2.24, 2.45) is 17.6 Å². The molecule has 1 saturated carbocycles. The smallest absolute Gasteiger partial charge is 0.269 e. The Bertz CT molecular complexity index is 1640. The van der Waals surface area contributed by atoms with Crippen molar-refractivity contribution in [2.45, 2.75) is 44.7 Å². The highest BCUT2D eigenvalue weighted by molar-refractivity contribution is 7.90. The van der Waals surface area contributed by atoms with Crippen LogP contribution >= 0.6 is 0 Å². The fraction of sp³-hybridized carbons (Fsp3) is 0.400. The molecule has 39 heavy (non-hydrogen) atoms. The SMILES string of the molecule is Cc1cc(C(N)=O)nn1-c1ccc2c(ccn2Cc2ccc([C@@H]3C[C@H]4CN[C@H](CCS(C)(=O)=O)[C@@H]4C3)cc2)c1. The summed E-state index contributed by atoms with van der Waals surface area (Å²) in [6.07, 6.45) is 6.46. The Morgan fingerprint density at radius 3 is 2.62 bits per heavy atom. The molecule has 3 N–H and O–H groups in total. The van der Waals surface area contributed by atoms with E-state index in [1.165, 1.54) is 23.8 Å². The van der Waals surface area contributed by atoms with E-state index in [-0.39, 0.29) is 11.4 Å². The molecule has 8 nitrogen and oxygen atoms in total. The summed E-state index contributed by atoms with van der Waals surface area (Å²) in [5, 5.41) is 9.04. The van der Waals surface area contributed by atoms with Gasteiger partial charge in [-0.25, -0.2) is 13.1 Å². The first kappa shape index (κ1) is 25.8. The molecule has 9 heteroatoms. The van der Waals surface area contributed by atoms with Crippen molar-refractivity contribution in [1.29, 1.82) is 0 Å². The lowest BCUT2D eigenvalue weighted by molar-refractivity contribution is 0.0995. The van der Waals surface area contributed by atoms with Crippen LogP contribution in [0.5, 0.6) is 0 Å². The zero-order valence-corrected chi connectivity index (χ0v) is 23.2. The van der Waals surface area contributed by atoms with E-state index >= 15 is 0 Å². The summed E-state index contributed by atoms with van der Waals surface area (Å²) in [5.41, 5.74) is 11.2. The van der Waals surface area contributed by atoms with Gasteiger partial charge >= 0.3 is 0 Å². The Balaban J connectivity index is 1.13. The molecule has 2 aromatic carbocycles. The lowest BCUT2D eigenvalue weighted by Gasteiger charge is -2.19. The quantitative estimate of drug-likeness (QED) is 0.350. The van der Waals surface area contributed by atoms with Gasteiger partial charge in [-0.3, -0.25) is 4.79 Å². The van der Waals surface area contributed by atoms with Gasteiger partial charge < -0.3 is 15.6 Å². The minimum absolute atomic E-state index is 0.262. The van der Waals surface area contributed by atoms with Gasteiger partial charge in [0.2, 0.25) is 0 Å².